The summed E-state index contributed by atoms with van der Waals surface area (Å²) in [7, 11) is 0. The molecule has 0 aliphatic rings. The van der Waals surface area contributed by atoms with Gasteiger partial charge in [0.25, 0.3) is 0 Å². The minimum absolute atomic E-state index is 0.0763. The maximum absolute atomic E-state index is 8.97. The van der Waals surface area contributed by atoms with Crippen molar-refractivity contribution in [1.82, 2.24) is 0 Å². The van der Waals surface area contributed by atoms with Crippen molar-refractivity contribution >= 4 is 0 Å². The summed E-state index contributed by atoms with van der Waals surface area (Å²) in [6, 6.07) is 12.0. The Balaban J connectivity index is 2.53. The second kappa shape index (κ2) is 5.34. The zero-order valence-electron chi connectivity index (χ0n) is 7.48. The maximum atomic E-state index is 8.97. The Hall–Kier alpha value is -1.33. The van der Waals surface area contributed by atoms with Crippen LogP contribution in [0.5, 0.6) is 0 Å². The topological polar surface area (TPSA) is 44.0 Å². The molecule has 0 saturated carbocycles. The average molecular weight is 175 g/mol. The van der Waals surface area contributed by atoms with Crippen molar-refractivity contribution in [2.75, 3.05) is 6.61 Å². The number of benzene rings is 1. The fourth-order valence-electron chi connectivity index (χ4n) is 1.28. The van der Waals surface area contributed by atoms with Gasteiger partial charge in [-0.1, -0.05) is 30.3 Å². The zero-order valence-corrected chi connectivity index (χ0v) is 7.48. The summed E-state index contributed by atoms with van der Waals surface area (Å²) in [5.41, 5.74) is 1.18. The van der Waals surface area contributed by atoms with Crippen LogP contribution in [0.15, 0.2) is 30.3 Å². The van der Waals surface area contributed by atoms with Crippen LogP contribution >= 0.6 is 0 Å². The summed E-state index contributed by atoms with van der Waals surface area (Å²) in [6.45, 7) is 0.0858. The first-order chi connectivity index (χ1) is 6.36. The van der Waals surface area contributed by atoms with E-state index in [1.807, 2.05) is 30.3 Å². The first-order valence-corrected chi connectivity index (χ1v) is 4.38. The van der Waals surface area contributed by atoms with E-state index in [2.05, 4.69) is 6.07 Å². The molecule has 0 aliphatic carbocycles. The van der Waals surface area contributed by atoms with Gasteiger partial charge in [-0.25, -0.2) is 0 Å². The van der Waals surface area contributed by atoms with Crippen molar-refractivity contribution in [2.24, 2.45) is 5.92 Å². The number of nitriles is 1. The summed E-state index contributed by atoms with van der Waals surface area (Å²) in [6.07, 6.45) is 1.20. The van der Waals surface area contributed by atoms with Gasteiger partial charge in [0.15, 0.2) is 0 Å². The third kappa shape index (κ3) is 3.27. The molecule has 0 saturated heterocycles. The minimum atomic E-state index is 0.0763. The van der Waals surface area contributed by atoms with Crippen molar-refractivity contribution in [2.45, 2.75) is 12.8 Å². The van der Waals surface area contributed by atoms with E-state index in [1.54, 1.807) is 0 Å². The smallest absolute Gasteiger partial charge is 0.0625 e. The van der Waals surface area contributed by atoms with Gasteiger partial charge in [-0.15, -0.1) is 0 Å². The predicted octanol–water partition coefficient (Wildman–Crippen LogP) is 1.75. The first-order valence-electron chi connectivity index (χ1n) is 4.38. The highest BCUT2D eigenvalue weighted by molar-refractivity contribution is 5.15. The van der Waals surface area contributed by atoms with Crippen molar-refractivity contribution in [3.63, 3.8) is 0 Å². The largest absolute Gasteiger partial charge is 0.396 e. The molecule has 0 bridgehead atoms. The molecule has 0 amide bonds. The summed E-state index contributed by atoms with van der Waals surface area (Å²) in [5.74, 6) is 0.0763. The van der Waals surface area contributed by atoms with Crippen molar-refractivity contribution < 1.29 is 5.11 Å². The van der Waals surface area contributed by atoms with Gasteiger partial charge in [0.2, 0.25) is 0 Å². The van der Waals surface area contributed by atoms with Crippen molar-refractivity contribution in [3.05, 3.63) is 35.9 Å². The maximum Gasteiger partial charge on any atom is 0.0625 e. The molecule has 0 spiro atoms. The van der Waals surface area contributed by atoms with Gasteiger partial charge in [0, 0.05) is 13.0 Å². The number of hydrogen-bond donors (Lipinski definition) is 1. The molecular formula is C11H13NO. The molecule has 0 fully saturated rings. The fraction of sp³-hybridized carbons (Fsp3) is 0.364. The van der Waals surface area contributed by atoms with Crippen LogP contribution < -0.4 is 0 Å². The average Bonchev–Trinajstić information content (AvgIpc) is 2.19. The lowest BCUT2D eigenvalue weighted by atomic mass is 9.98. The van der Waals surface area contributed by atoms with E-state index in [0.29, 0.717) is 6.42 Å². The fourth-order valence-corrected chi connectivity index (χ4v) is 1.28. The molecule has 2 heteroatoms. The number of rotatable bonds is 4. The Labute approximate surface area is 78.4 Å². The Morgan fingerprint density at radius 2 is 2.00 bits per heavy atom. The Kier molecular flexibility index (Phi) is 4.01. The third-order valence-electron chi connectivity index (χ3n) is 2.01. The van der Waals surface area contributed by atoms with E-state index in [0.717, 1.165) is 6.42 Å². The summed E-state index contributed by atoms with van der Waals surface area (Å²) < 4.78 is 0. The second-order valence-corrected chi connectivity index (χ2v) is 3.10. The van der Waals surface area contributed by atoms with Gasteiger partial charge in [0.1, 0.15) is 0 Å². The van der Waals surface area contributed by atoms with Crippen LogP contribution in [-0.4, -0.2) is 11.7 Å². The highest BCUT2D eigenvalue weighted by atomic mass is 16.3. The van der Waals surface area contributed by atoms with E-state index in [1.165, 1.54) is 5.56 Å². The lowest BCUT2D eigenvalue weighted by Crippen LogP contribution is -2.08. The van der Waals surface area contributed by atoms with Gasteiger partial charge in [-0.05, 0) is 17.9 Å². The van der Waals surface area contributed by atoms with Gasteiger partial charge < -0.3 is 5.11 Å². The quantitative estimate of drug-likeness (QED) is 0.757. The van der Waals surface area contributed by atoms with E-state index < -0.39 is 0 Å². The van der Waals surface area contributed by atoms with E-state index in [9.17, 15) is 0 Å². The highest BCUT2D eigenvalue weighted by Crippen LogP contribution is 2.10. The van der Waals surface area contributed by atoms with Crippen LogP contribution in [-0.2, 0) is 6.42 Å². The van der Waals surface area contributed by atoms with E-state index in [4.69, 9.17) is 10.4 Å². The minimum Gasteiger partial charge on any atom is -0.396 e. The third-order valence-corrected chi connectivity index (χ3v) is 2.01. The molecule has 1 rings (SSSR count). The molecule has 68 valence electrons. The van der Waals surface area contributed by atoms with Crippen LogP contribution in [0.2, 0.25) is 0 Å². The molecule has 1 aromatic carbocycles. The molecule has 1 N–H and O–H groups in total. The summed E-state index contributed by atoms with van der Waals surface area (Å²) in [5, 5.41) is 17.5. The molecule has 0 aromatic heterocycles. The molecule has 1 aromatic rings. The van der Waals surface area contributed by atoms with Crippen LogP contribution in [0.4, 0.5) is 0 Å². The molecule has 1 atom stereocenters. The van der Waals surface area contributed by atoms with E-state index >= 15 is 0 Å². The molecule has 2 nitrogen and oxygen atoms in total. The molecule has 0 aliphatic heterocycles. The normalized spacial score (nSPS) is 12.0. The van der Waals surface area contributed by atoms with Crippen LogP contribution in [0.3, 0.4) is 0 Å². The molecule has 0 unspecified atom stereocenters. The van der Waals surface area contributed by atoms with Gasteiger partial charge in [0.05, 0.1) is 6.07 Å². The highest BCUT2D eigenvalue weighted by Gasteiger charge is 2.06. The monoisotopic (exact) mass is 175 g/mol. The molecule has 13 heavy (non-hydrogen) atoms. The zero-order chi connectivity index (χ0) is 9.52. The summed E-state index contributed by atoms with van der Waals surface area (Å²) >= 11 is 0. The second-order valence-electron chi connectivity index (χ2n) is 3.10. The molecule has 0 heterocycles. The standard InChI is InChI=1S/C11H13NO/c12-7-6-11(9-13)8-10-4-2-1-3-5-10/h1-5,11,13H,6,8-9H2/t11-/m0/s1. The molecule has 0 radical (unpaired) electrons. The lowest BCUT2D eigenvalue weighted by Gasteiger charge is -2.09. The van der Waals surface area contributed by atoms with Gasteiger partial charge >= 0.3 is 0 Å². The van der Waals surface area contributed by atoms with Crippen molar-refractivity contribution in [1.29, 1.82) is 5.26 Å². The number of hydrogen-bond acceptors (Lipinski definition) is 2. The number of nitrogens with zero attached hydrogens (tertiary/aromatic N) is 1. The van der Waals surface area contributed by atoms with Crippen LogP contribution in [0.25, 0.3) is 0 Å². The Bertz CT molecular complexity index is 276. The van der Waals surface area contributed by atoms with Gasteiger partial charge in [-0.3, -0.25) is 0 Å². The first kappa shape index (κ1) is 9.76. The summed E-state index contributed by atoms with van der Waals surface area (Å²) in [4.78, 5) is 0. The van der Waals surface area contributed by atoms with E-state index in [-0.39, 0.29) is 12.5 Å². The lowest BCUT2D eigenvalue weighted by molar-refractivity contribution is 0.228. The van der Waals surface area contributed by atoms with Gasteiger partial charge in [-0.2, -0.15) is 5.26 Å². The SMILES string of the molecule is N#CC[C@H](CO)Cc1ccccc1. The predicted molar refractivity (Wildman–Crippen MR) is 51.0 cm³/mol. The van der Waals surface area contributed by atoms with Crippen LogP contribution in [0, 0.1) is 17.2 Å². The Morgan fingerprint density at radius 1 is 1.31 bits per heavy atom. The van der Waals surface area contributed by atoms with Crippen molar-refractivity contribution in [3.8, 4) is 6.07 Å². The number of aliphatic hydroxyl groups excluding tert-OH is 1. The molecular weight excluding hydrogens is 162 g/mol. The Morgan fingerprint density at radius 3 is 2.54 bits per heavy atom. The van der Waals surface area contributed by atoms with Crippen LogP contribution in [0.1, 0.15) is 12.0 Å². The number of aliphatic hydroxyl groups is 1.